The van der Waals surface area contributed by atoms with E-state index >= 15 is 0 Å². The molecule has 17 heavy (non-hydrogen) atoms. The number of hydrogen-bond acceptors (Lipinski definition) is 2. The molecule has 1 aliphatic carbocycles. The van der Waals surface area contributed by atoms with Gasteiger partial charge in [0.1, 0.15) is 5.69 Å². The molecule has 1 fully saturated rings. The van der Waals surface area contributed by atoms with Crippen LogP contribution in [0.25, 0.3) is 0 Å². The van der Waals surface area contributed by atoms with Gasteiger partial charge in [0.25, 0.3) is 5.91 Å². The molecule has 1 saturated carbocycles. The van der Waals surface area contributed by atoms with Gasteiger partial charge in [-0.25, -0.2) is 0 Å². The van der Waals surface area contributed by atoms with Crippen LogP contribution < -0.4 is 0 Å². The monoisotopic (exact) mass is 236 g/mol. The third-order valence-corrected chi connectivity index (χ3v) is 3.54. The molecule has 0 unspecified atom stereocenters. The average Bonchev–Trinajstić information content (AvgIpc) is 3.05. The predicted octanol–water partition coefficient (Wildman–Crippen LogP) is 1.67. The zero-order chi connectivity index (χ0) is 12.6. The number of aliphatic hydroxyl groups excluding tert-OH is 1. The first-order valence-electron chi connectivity index (χ1n) is 6.03. The maximum atomic E-state index is 12.4. The van der Waals surface area contributed by atoms with Gasteiger partial charge in [0.2, 0.25) is 0 Å². The van der Waals surface area contributed by atoms with Gasteiger partial charge in [-0.3, -0.25) is 4.79 Å². The molecule has 1 aromatic heterocycles. The van der Waals surface area contributed by atoms with Crippen LogP contribution in [0.5, 0.6) is 0 Å². The van der Waals surface area contributed by atoms with Crippen LogP contribution in [0.4, 0.5) is 0 Å². The number of hydrogen-bond donors (Lipinski definition) is 1. The fraction of sp³-hybridized carbons (Fsp3) is 0.615. The Balaban J connectivity index is 2.21. The van der Waals surface area contributed by atoms with E-state index in [4.69, 9.17) is 0 Å². The minimum absolute atomic E-state index is 0.0269. The van der Waals surface area contributed by atoms with Gasteiger partial charge in [0.05, 0.1) is 12.1 Å². The summed E-state index contributed by atoms with van der Waals surface area (Å²) in [5.74, 6) is -0.0269. The highest BCUT2D eigenvalue weighted by Gasteiger charge is 2.32. The van der Waals surface area contributed by atoms with E-state index in [0.717, 1.165) is 18.5 Å². The molecule has 0 aliphatic heterocycles. The van der Waals surface area contributed by atoms with Gasteiger partial charge in [0, 0.05) is 19.3 Å². The number of aromatic nitrogens is 1. The summed E-state index contributed by atoms with van der Waals surface area (Å²) in [5, 5.41) is 9.30. The predicted molar refractivity (Wildman–Crippen MR) is 66.0 cm³/mol. The van der Waals surface area contributed by atoms with Crippen molar-refractivity contribution in [2.75, 3.05) is 13.7 Å². The number of aliphatic hydroxyl groups is 1. The lowest BCUT2D eigenvalue weighted by Crippen LogP contribution is -2.48. The smallest absolute Gasteiger partial charge is 0.270 e. The minimum Gasteiger partial charge on any atom is -0.394 e. The van der Waals surface area contributed by atoms with Crippen molar-refractivity contribution in [3.63, 3.8) is 0 Å². The molecule has 0 spiro atoms. The maximum Gasteiger partial charge on any atom is 0.270 e. The van der Waals surface area contributed by atoms with E-state index in [9.17, 15) is 9.90 Å². The highest BCUT2D eigenvalue weighted by atomic mass is 16.3. The number of carbonyl (C=O) groups is 1. The molecule has 0 saturated heterocycles. The number of likely N-dealkylation sites (N-methyl/N-ethyl adjacent to an activating group) is 1. The highest BCUT2D eigenvalue weighted by molar-refractivity contribution is 5.93. The van der Waals surface area contributed by atoms with Crippen molar-refractivity contribution in [3.05, 3.63) is 24.0 Å². The van der Waals surface area contributed by atoms with E-state index < -0.39 is 5.54 Å². The minimum atomic E-state index is -0.532. The summed E-state index contributed by atoms with van der Waals surface area (Å²) in [4.78, 5) is 14.0. The summed E-state index contributed by atoms with van der Waals surface area (Å²) < 4.78 is 2.05. The molecular formula is C13H20N2O2. The van der Waals surface area contributed by atoms with Gasteiger partial charge < -0.3 is 14.6 Å². The molecule has 4 nitrogen and oxygen atoms in total. The Morgan fingerprint density at radius 1 is 1.59 bits per heavy atom. The molecule has 0 bridgehead atoms. The van der Waals surface area contributed by atoms with Gasteiger partial charge in [-0.15, -0.1) is 0 Å². The van der Waals surface area contributed by atoms with Crippen LogP contribution in [0.15, 0.2) is 18.3 Å². The van der Waals surface area contributed by atoms with E-state index in [1.165, 1.54) is 0 Å². The molecule has 1 aromatic rings. The van der Waals surface area contributed by atoms with E-state index in [-0.39, 0.29) is 12.5 Å². The fourth-order valence-electron chi connectivity index (χ4n) is 1.80. The SMILES string of the molecule is CN(C(=O)c1cccn1C1CC1)C(C)(C)CO. The van der Waals surface area contributed by atoms with Crippen LogP contribution in [0.1, 0.15) is 43.2 Å². The van der Waals surface area contributed by atoms with Crippen molar-refractivity contribution in [2.45, 2.75) is 38.3 Å². The zero-order valence-corrected chi connectivity index (χ0v) is 10.7. The Kier molecular flexibility index (Phi) is 3.00. The van der Waals surface area contributed by atoms with Crippen molar-refractivity contribution in [2.24, 2.45) is 0 Å². The molecular weight excluding hydrogens is 216 g/mol. The second-order valence-electron chi connectivity index (χ2n) is 5.37. The third kappa shape index (κ3) is 2.22. The van der Waals surface area contributed by atoms with Crippen LogP contribution >= 0.6 is 0 Å². The van der Waals surface area contributed by atoms with Crippen molar-refractivity contribution < 1.29 is 9.90 Å². The van der Waals surface area contributed by atoms with E-state index in [1.54, 1.807) is 11.9 Å². The number of nitrogens with zero attached hydrogens (tertiary/aromatic N) is 2. The van der Waals surface area contributed by atoms with Crippen molar-refractivity contribution >= 4 is 5.91 Å². The average molecular weight is 236 g/mol. The number of carbonyl (C=O) groups excluding carboxylic acids is 1. The van der Waals surface area contributed by atoms with Gasteiger partial charge in [0.15, 0.2) is 0 Å². The number of amides is 1. The molecule has 94 valence electrons. The summed E-state index contributed by atoms with van der Waals surface area (Å²) in [6.07, 6.45) is 4.27. The molecule has 1 aliphatic rings. The Bertz CT molecular complexity index is 419. The second kappa shape index (κ2) is 4.18. The van der Waals surface area contributed by atoms with Crippen LogP contribution in [-0.4, -0.2) is 39.7 Å². The van der Waals surface area contributed by atoms with E-state index in [0.29, 0.717) is 6.04 Å². The first-order chi connectivity index (χ1) is 7.97. The normalized spacial score (nSPS) is 16.0. The van der Waals surface area contributed by atoms with Crippen LogP contribution in [0.2, 0.25) is 0 Å². The summed E-state index contributed by atoms with van der Waals surface area (Å²) in [7, 11) is 1.74. The van der Waals surface area contributed by atoms with Gasteiger partial charge in [-0.1, -0.05) is 0 Å². The highest BCUT2D eigenvalue weighted by Crippen LogP contribution is 2.36. The zero-order valence-electron chi connectivity index (χ0n) is 10.7. The topological polar surface area (TPSA) is 45.5 Å². The molecule has 0 atom stereocenters. The molecule has 4 heteroatoms. The van der Waals surface area contributed by atoms with Crippen molar-refractivity contribution in [1.82, 2.24) is 9.47 Å². The summed E-state index contributed by atoms with van der Waals surface area (Å²) in [6.45, 7) is 3.67. The quantitative estimate of drug-likeness (QED) is 0.864. The fourth-order valence-corrected chi connectivity index (χ4v) is 1.80. The Morgan fingerprint density at radius 3 is 2.76 bits per heavy atom. The Hall–Kier alpha value is -1.29. The van der Waals surface area contributed by atoms with E-state index in [2.05, 4.69) is 0 Å². The van der Waals surface area contributed by atoms with Crippen molar-refractivity contribution in [1.29, 1.82) is 0 Å². The van der Waals surface area contributed by atoms with Crippen LogP contribution in [0.3, 0.4) is 0 Å². The lowest BCUT2D eigenvalue weighted by molar-refractivity contribution is 0.0463. The molecule has 1 amide bonds. The van der Waals surface area contributed by atoms with Crippen LogP contribution in [0, 0.1) is 0 Å². The summed E-state index contributed by atoms with van der Waals surface area (Å²) >= 11 is 0. The van der Waals surface area contributed by atoms with E-state index in [1.807, 2.05) is 36.7 Å². The molecule has 1 N–H and O–H groups in total. The summed E-state index contributed by atoms with van der Waals surface area (Å²) in [6, 6.07) is 4.25. The maximum absolute atomic E-state index is 12.4. The molecule has 0 radical (unpaired) electrons. The molecule has 0 aromatic carbocycles. The molecule has 1 heterocycles. The largest absolute Gasteiger partial charge is 0.394 e. The summed E-state index contributed by atoms with van der Waals surface area (Å²) in [5.41, 5.74) is 0.187. The second-order valence-corrected chi connectivity index (χ2v) is 5.37. The standard InChI is InChI=1S/C13H20N2O2/c1-13(2,9-16)14(3)12(17)11-5-4-8-15(11)10-6-7-10/h4-5,8,10,16H,6-7,9H2,1-3H3. The third-order valence-electron chi connectivity index (χ3n) is 3.54. The molecule has 2 rings (SSSR count). The number of rotatable bonds is 4. The first-order valence-corrected chi connectivity index (χ1v) is 6.03. The van der Waals surface area contributed by atoms with Crippen LogP contribution in [-0.2, 0) is 0 Å². The van der Waals surface area contributed by atoms with Crippen molar-refractivity contribution in [3.8, 4) is 0 Å². The lowest BCUT2D eigenvalue weighted by Gasteiger charge is -2.34. The van der Waals surface area contributed by atoms with Gasteiger partial charge >= 0.3 is 0 Å². The van der Waals surface area contributed by atoms with Gasteiger partial charge in [-0.05, 0) is 38.8 Å². The first kappa shape index (κ1) is 12.2. The van der Waals surface area contributed by atoms with Gasteiger partial charge in [-0.2, -0.15) is 0 Å². The Morgan fingerprint density at radius 2 is 2.24 bits per heavy atom. The Labute approximate surface area is 102 Å². The lowest BCUT2D eigenvalue weighted by atomic mass is 10.0.